The first-order chi connectivity index (χ1) is 8.11. The molecule has 6 heteroatoms. The monoisotopic (exact) mass is 247 g/mol. The zero-order valence-corrected chi connectivity index (χ0v) is 9.22. The number of benzene rings is 1. The van der Waals surface area contributed by atoms with Crippen LogP contribution in [0.4, 0.5) is 0 Å². The number of halogens is 1. The molecule has 84 valence electrons. The number of hydrogen-bond donors (Lipinski definition) is 1. The van der Waals surface area contributed by atoms with E-state index in [1.807, 2.05) is 6.07 Å². The Labute approximate surface area is 101 Å². The van der Waals surface area contributed by atoms with Gasteiger partial charge in [-0.2, -0.15) is 10.4 Å². The summed E-state index contributed by atoms with van der Waals surface area (Å²) >= 11 is 5.87. The third kappa shape index (κ3) is 2.12. The van der Waals surface area contributed by atoms with E-state index in [2.05, 4.69) is 5.10 Å². The van der Waals surface area contributed by atoms with Crippen LogP contribution >= 0.6 is 11.6 Å². The number of carbonyl (C=O) groups is 1. The minimum Gasteiger partial charge on any atom is -0.476 e. The van der Waals surface area contributed by atoms with Crippen LogP contribution < -0.4 is 0 Å². The molecule has 0 amide bonds. The number of carboxylic acids is 1. The fourth-order valence-corrected chi connectivity index (χ4v) is 1.54. The zero-order chi connectivity index (χ0) is 12.4. The van der Waals surface area contributed by atoms with E-state index >= 15 is 0 Å². The van der Waals surface area contributed by atoms with E-state index < -0.39 is 5.97 Å². The van der Waals surface area contributed by atoms with E-state index in [0.717, 1.165) is 0 Å². The van der Waals surface area contributed by atoms with Crippen molar-refractivity contribution in [1.29, 1.82) is 5.26 Å². The first kappa shape index (κ1) is 11.2. The number of rotatable bonds is 2. The van der Waals surface area contributed by atoms with Gasteiger partial charge in [0, 0.05) is 6.20 Å². The van der Waals surface area contributed by atoms with Crippen molar-refractivity contribution < 1.29 is 9.90 Å². The van der Waals surface area contributed by atoms with Crippen molar-refractivity contribution in [3.63, 3.8) is 0 Å². The van der Waals surface area contributed by atoms with Crippen molar-refractivity contribution in [1.82, 2.24) is 9.78 Å². The van der Waals surface area contributed by atoms with Crippen molar-refractivity contribution >= 4 is 17.6 Å². The summed E-state index contributed by atoms with van der Waals surface area (Å²) in [5, 5.41) is 21.6. The standard InChI is InChI=1S/C11H6ClN3O2/c12-9-5-8(2-1-7(9)6-13)15-4-3-10(14-15)11(16)17/h1-5H,(H,16,17). The Morgan fingerprint density at radius 2 is 2.24 bits per heavy atom. The van der Waals surface area contributed by atoms with Crippen LogP contribution in [0.5, 0.6) is 0 Å². The molecule has 0 aliphatic heterocycles. The second-order valence-corrected chi connectivity index (χ2v) is 3.63. The Morgan fingerprint density at radius 3 is 2.76 bits per heavy atom. The molecule has 1 N–H and O–H groups in total. The summed E-state index contributed by atoms with van der Waals surface area (Å²) in [6.07, 6.45) is 1.52. The number of aromatic nitrogens is 2. The number of nitriles is 1. The molecule has 0 unspecified atom stereocenters. The highest BCUT2D eigenvalue weighted by Gasteiger charge is 2.08. The fraction of sp³-hybridized carbons (Fsp3) is 0. The van der Waals surface area contributed by atoms with E-state index in [1.165, 1.54) is 16.9 Å². The minimum absolute atomic E-state index is 0.0505. The molecule has 0 saturated heterocycles. The van der Waals surface area contributed by atoms with E-state index in [0.29, 0.717) is 16.3 Å². The summed E-state index contributed by atoms with van der Waals surface area (Å²) in [4.78, 5) is 10.7. The van der Waals surface area contributed by atoms with Crippen molar-refractivity contribution in [3.05, 3.63) is 46.7 Å². The highest BCUT2D eigenvalue weighted by atomic mass is 35.5. The van der Waals surface area contributed by atoms with Crippen molar-refractivity contribution in [3.8, 4) is 11.8 Å². The quantitative estimate of drug-likeness (QED) is 0.881. The minimum atomic E-state index is -1.09. The van der Waals surface area contributed by atoms with Gasteiger partial charge >= 0.3 is 5.97 Å². The van der Waals surface area contributed by atoms with Crippen LogP contribution in [0.25, 0.3) is 5.69 Å². The lowest BCUT2D eigenvalue weighted by Gasteiger charge is -2.02. The maximum atomic E-state index is 10.7. The highest BCUT2D eigenvalue weighted by molar-refractivity contribution is 6.31. The van der Waals surface area contributed by atoms with Gasteiger partial charge in [0.05, 0.1) is 16.3 Å². The number of hydrogen-bond acceptors (Lipinski definition) is 3. The van der Waals surface area contributed by atoms with E-state index in [-0.39, 0.29) is 5.69 Å². The van der Waals surface area contributed by atoms with Crippen LogP contribution in [0.15, 0.2) is 30.5 Å². The van der Waals surface area contributed by atoms with Gasteiger partial charge in [-0.3, -0.25) is 0 Å². The summed E-state index contributed by atoms with van der Waals surface area (Å²) in [6.45, 7) is 0. The Hall–Kier alpha value is -2.32. The zero-order valence-electron chi connectivity index (χ0n) is 8.46. The second kappa shape index (κ2) is 4.28. The Bertz CT molecular complexity index is 628. The van der Waals surface area contributed by atoms with E-state index in [4.69, 9.17) is 22.0 Å². The Balaban J connectivity index is 2.43. The average molecular weight is 248 g/mol. The van der Waals surface area contributed by atoms with Crippen molar-refractivity contribution in [2.45, 2.75) is 0 Å². The molecule has 0 aliphatic carbocycles. The molecule has 1 heterocycles. The maximum absolute atomic E-state index is 10.7. The first-order valence-corrected chi connectivity index (χ1v) is 4.98. The summed E-state index contributed by atoms with van der Waals surface area (Å²) in [5.41, 5.74) is 0.910. The molecular weight excluding hydrogens is 242 g/mol. The summed E-state index contributed by atoms with van der Waals surface area (Å²) in [7, 11) is 0. The molecule has 2 aromatic rings. The fourth-order valence-electron chi connectivity index (χ4n) is 1.32. The van der Waals surface area contributed by atoms with Crippen molar-refractivity contribution in [2.24, 2.45) is 0 Å². The third-order valence-electron chi connectivity index (χ3n) is 2.15. The topological polar surface area (TPSA) is 78.9 Å². The lowest BCUT2D eigenvalue weighted by atomic mass is 10.2. The van der Waals surface area contributed by atoms with Gasteiger partial charge in [-0.05, 0) is 24.3 Å². The smallest absolute Gasteiger partial charge is 0.356 e. The van der Waals surface area contributed by atoms with Gasteiger partial charge in [0.25, 0.3) is 0 Å². The van der Waals surface area contributed by atoms with Crippen molar-refractivity contribution in [2.75, 3.05) is 0 Å². The molecule has 5 nitrogen and oxygen atoms in total. The van der Waals surface area contributed by atoms with Gasteiger partial charge < -0.3 is 5.11 Å². The summed E-state index contributed by atoms with van der Waals surface area (Å²) in [5.74, 6) is -1.09. The Kier molecular flexibility index (Phi) is 2.81. The van der Waals surface area contributed by atoms with Crippen LogP contribution in [-0.2, 0) is 0 Å². The van der Waals surface area contributed by atoms with E-state index in [9.17, 15) is 4.79 Å². The molecule has 1 aromatic heterocycles. The molecule has 0 aliphatic rings. The summed E-state index contributed by atoms with van der Waals surface area (Å²) < 4.78 is 1.39. The average Bonchev–Trinajstić information content (AvgIpc) is 2.78. The van der Waals surface area contributed by atoms with Gasteiger partial charge in [0.2, 0.25) is 0 Å². The molecule has 17 heavy (non-hydrogen) atoms. The lowest BCUT2D eigenvalue weighted by Crippen LogP contribution is -2.01. The second-order valence-electron chi connectivity index (χ2n) is 3.23. The molecule has 2 rings (SSSR count). The van der Waals surface area contributed by atoms with Gasteiger partial charge in [0.1, 0.15) is 6.07 Å². The predicted molar refractivity (Wildman–Crippen MR) is 60.2 cm³/mol. The molecule has 0 atom stereocenters. The van der Waals surface area contributed by atoms with E-state index in [1.54, 1.807) is 18.2 Å². The molecule has 0 saturated carbocycles. The van der Waals surface area contributed by atoms with Crippen LogP contribution in [0.1, 0.15) is 16.1 Å². The normalized spacial score (nSPS) is 9.88. The SMILES string of the molecule is N#Cc1ccc(-n2ccc(C(=O)O)n2)cc1Cl. The van der Waals surface area contributed by atoms with Crippen LogP contribution in [0.3, 0.4) is 0 Å². The van der Waals surface area contributed by atoms with Crippen LogP contribution in [-0.4, -0.2) is 20.9 Å². The highest BCUT2D eigenvalue weighted by Crippen LogP contribution is 2.19. The molecule has 1 aromatic carbocycles. The number of aromatic carboxylic acids is 1. The van der Waals surface area contributed by atoms with Gasteiger partial charge in [-0.25, -0.2) is 9.48 Å². The van der Waals surface area contributed by atoms with Gasteiger partial charge in [-0.15, -0.1) is 0 Å². The number of nitrogens with zero attached hydrogens (tertiary/aromatic N) is 3. The molecule has 0 spiro atoms. The van der Waals surface area contributed by atoms with Crippen LogP contribution in [0, 0.1) is 11.3 Å². The number of carboxylic acid groups (broad SMARTS) is 1. The maximum Gasteiger partial charge on any atom is 0.356 e. The molecule has 0 radical (unpaired) electrons. The molecular formula is C11H6ClN3O2. The van der Waals surface area contributed by atoms with Crippen LogP contribution in [0.2, 0.25) is 5.02 Å². The Morgan fingerprint density at radius 1 is 1.47 bits per heavy atom. The predicted octanol–water partition coefficient (Wildman–Crippen LogP) is 2.10. The van der Waals surface area contributed by atoms with Gasteiger partial charge in [0.15, 0.2) is 5.69 Å². The molecule has 0 fully saturated rings. The largest absolute Gasteiger partial charge is 0.476 e. The first-order valence-electron chi connectivity index (χ1n) is 4.61. The molecule has 0 bridgehead atoms. The van der Waals surface area contributed by atoms with Gasteiger partial charge in [-0.1, -0.05) is 11.6 Å². The summed E-state index contributed by atoms with van der Waals surface area (Å²) in [6, 6.07) is 8.08. The lowest BCUT2D eigenvalue weighted by molar-refractivity contribution is 0.0690. The third-order valence-corrected chi connectivity index (χ3v) is 2.46.